The van der Waals surface area contributed by atoms with Crippen LogP contribution in [-0.2, 0) is 6.54 Å². The molecule has 0 aromatic heterocycles. The lowest BCUT2D eigenvalue weighted by molar-refractivity contribution is 0.368. The third-order valence-electron chi connectivity index (χ3n) is 2.21. The van der Waals surface area contributed by atoms with Crippen LogP contribution < -0.4 is 10.1 Å². The minimum absolute atomic E-state index is 0.0954. The number of thioether (sulfide) groups is 1. The van der Waals surface area contributed by atoms with Gasteiger partial charge in [0.25, 0.3) is 0 Å². The van der Waals surface area contributed by atoms with Gasteiger partial charge in [0.2, 0.25) is 0 Å². The van der Waals surface area contributed by atoms with Gasteiger partial charge in [0.05, 0.1) is 0 Å². The normalized spacial score (nSPS) is 9.72. The Hall–Kier alpha value is -1.44. The lowest BCUT2D eigenvalue weighted by Crippen LogP contribution is -2.16. The molecule has 0 fully saturated rings. The van der Waals surface area contributed by atoms with Crippen molar-refractivity contribution in [1.82, 2.24) is 5.32 Å². The molecule has 0 unspecified atom stereocenters. The van der Waals surface area contributed by atoms with Crippen LogP contribution in [0.4, 0.5) is 0 Å². The molecule has 0 atom stereocenters. The first-order valence-corrected chi connectivity index (χ1v) is 7.00. The number of benzene rings is 1. The molecule has 1 aromatic carbocycles. The van der Waals surface area contributed by atoms with Crippen LogP contribution in [0.15, 0.2) is 36.9 Å². The lowest BCUT2D eigenvalue weighted by Gasteiger charge is -2.06. The fourth-order valence-corrected chi connectivity index (χ4v) is 1.98. The van der Waals surface area contributed by atoms with E-state index in [1.807, 2.05) is 48.2 Å². The van der Waals surface area contributed by atoms with Crippen LogP contribution in [0.2, 0.25) is 0 Å². The summed E-state index contributed by atoms with van der Waals surface area (Å²) >= 11 is 1.87. The van der Waals surface area contributed by atoms with Crippen molar-refractivity contribution in [2.45, 2.75) is 6.54 Å². The summed E-state index contributed by atoms with van der Waals surface area (Å²) in [5.41, 5.74) is 1.22. The van der Waals surface area contributed by atoms with Crippen molar-refractivity contribution in [3.05, 3.63) is 42.5 Å². The van der Waals surface area contributed by atoms with E-state index in [1.165, 1.54) is 5.56 Å². The molecule has 0 heterocycles. The molecule has 0 aliphatic heterocycles. The average molecular weight is 262 g/mol. The molecule has 0 amide bonds. The first kappa shape index (κ1) is 14.6. The summed E-state index contributed by atoms with van der Waals surface area (Å²) in [5, 5.41) is 11.8. The highest BCUT2D eigenvalue weighted by Gasteiger charge is 1.95. The smallest absolute Gasteiger partial charge is 0.174 e. The Morgan fingerprint density at radius 2 is 2.17 bits per heavy atom. The largest absolute Gasteiger partial charge is 0.479 e. The van der Waals surface area contributed by atoms with Gasteiger partial charge in [0.1, 0.15) is 11.8 Å². The van der Waals surface area contributed by atoms with Crippen molar-refractivity contribution in [3.8, 4) is 11.8 Å². The van der Waals surface area contributed by atoms with E-state index in [0.29, 0.717) is 0 Å². The molecule has 1 aromatic rings. The maximum Gasteiger partial charge on any atom is 0.174 e. The highest BCUT2D eigenvalue weighted by Crippen LogP contribution is 2.11. The SMILES string of the molecule is C=CCSCCNCc1ccc(OCC#N)cc1. The number of rotatable bonds is 9. The van der Waals surface area contributed by atoms with Gasteiger partial charge in [-0.25, -0.2) is 0 Å². The van der Waals surface area contributed by atoms with E-state index in [1.54, 1.807) is 0 Å². The molecule has 0 saturated heterocycles. The monoisotopic (exact) mass is 262 g/mol. The molecule has 0 aliphatic rings. The van der Waals surface area contributed by atoms with Crippen molar-refractivity contribution in [1.29, 1.82) is 5.26 Å². The number of hydrogen-bond acceptors (Lipinski definition) is 4. The number of nitriles is 1. The molecule has 0 aliphatic carbocycles. The van der Waals surface area contributed by atoms with E-state index in [0.717, 1.165) is 30.3 Å². The van der Waals surface area contributed by atoms with Gasteiger partial charge in [-0.15, -0.1) is 6.58 Å². The van der Waals surface area contributed by atoms with Crippen LogP contribution in [0.5, 0.6) is 5.75 Å². The van der Waals surface area contributed by atoms with E-state index in [4.69, 9.17) is 10.00 Å². The van der Waals surface area contributed by atoms with Gasteiger partial charge < -0.3 is 10.1 Å². The number of ether oxygens (including phenoxy) is 1. The molecule has 1 N–H and O–H groups in total. The van der Waals surface area contributed by atoms with E-state index in [2.05, 4.69) is 11.9 Å². The molecular weight excluding hydrogens is 244 g/mol. The fraction of sp³-hybridized carbons (Fsp3) is 0.357. The highest BCUT2D eigenvalue weighted by molar-refractivity contribution is 7.99. The van der Waals surface area contributed by atoms with E-state index >= 15 is 0 Å². The van der Waals surface area contributed by atoms with Gasteiger partial charge in [-0.2, -0.15) is 17.0 Å². The summed E-state index contributed by atoms with van der Waals surface area (Å²) in [6.45, 7) is 5.62. The zero-order chi connectivity index (χ0) is 13.1. The zero-order valence-electron chi connectivity index (χ0n) is 10.4. The first-order chi connectivity index (χ1) is 8.86. The Morgan fingerprint density at radius 1 is 1.39 bits per heavy atom. The van der Waals surface area contributed by atoms with Crippen LogP contribution in [-0.4, -0.2) is 24.7 Å². The Bertz CT molecular complexity index is 384. The lowest BCUT2D eigenvalue weighted by atomic mass is 10.2. The quantitative estimate of drug-likeness (QED) is 0.549. The van der Waals surface area contributed by atoms with Crippen molar-refractivity contribution in [2.24, 2.45) is 0 Å². The van der Waals surface area contributed by atoms with Crippen molar-refractivity contribution in [3.63, 3.8) is 0 Å². The second-order valence-corrected chi connectivity index (χ2v) is 4.78. The van der Waals surface area contributed by atoms with E-state index < -0.39 is 0 Å². The van der Waals surface area contributed by atoms with Gasteiger partial charge in [-0.1, -0.05) is 18.2 Å². The number of nitrogens with zero attached hydrogens (tertiary/aromatic N) is 1. The summed E-state index contributed by atoms with van der Waals surface area (Å²) in [6.07, 6.45) is 1.92. The molecule has 0 spiro atoms. The molecule has 0 radical (unpaired) electrons. The standard InChI is InChI=1S/C14H18N2OS/c1-2-10-18-11-8-16-12-13-3-5-14(6-4-13)17-9-7-15/h2-6,16H,1,8-12H2. The topological polar surface area (TPSA) is 45.0 Å². The molecule has 96 valence electrons. The summed E-state index contributed by atoms with van der Waals surface area (Å²) in [6, 6.07) is 9.75. The molecule has 1 rings (SSSR count). The molecule has 18 heavy (non-hydrogen) atoms. The summed E-state index contributed by atoms with van der Waals surface area (Å²) in [7, 11) is 0. The molecule has 3 nitrogen and oxygen atoms in total. The van der Waals surface area contributed by atoms with Gasteiger partial charge in [0, 0.05) is 24.6 Å². The van der Waals surface area contributed by atoms with E-state index in [9.17, 15) is 0 Å². The maximum absolute atomic E-state index is 8.39. The minimum Gasteiger partial charge on any atom is -0.479 e. The van der Waals surface area contributed by atoms with Crippen LogP contribution in [0.3, 0.4) is 0 Å². The van der Waals surface area contributed by atoms with E-state index in [-0.39, 0.29) is 6.61 Å². The Kier molecular flexibility index (Phi) is 7.78. The molecule has 4 heteroatoms. The number of nitrogens with one attached hydrogen (secondary N) is 1. The van der Waals surface area contributed by atoms with Crippen molar-refractivity contribution in [2.75, 3.05) is 24.7 Å². The third-order valence-corrected chi connectivity index (χ3v) is 3.18. The predicted octanol–water partition coefficient (Wildman–Crippen LogP) is 2.60. The van der Waals surface area contributed by atoms with Crippen LogP contribution in [0, 0.1) is 11.3 Å². The minimum atomic E-state index is 0.0954. The molecular formula is C14H18N2OS. The van der Waals surface area contributed by atoms with Crippen molar-refractivity contribution >= 4 is 11.8 Å². The summed E-state index contributed by atoms with van der Waals surface area (Å²) < 4.78 is 5.19. The second kappa shape index (κ2) is 9.58. The Labute approximate surface area is 113 Å². The van der Waals surface area contributed by atoms with Gasteiger partial charge in [0.15, 0.2) is 6.61 Å². The van der Waals surface area contributed by atoms with Gasteiger partial charge in [-0.3, -0.25) is 0 Å². The third kappa shape index (κ3) is 6.33. The maximum atomic E-state index is 8.39. The second-order valence-electron chi connectivity index (χ2n) is 3.63. The average Bonchev–Trinajstić information content (AvgIpc) is 2.42. The highest BCUT2D eigenvalue weighted by atomic mass is 32.2. The summed E-state index contributed by atoms with van der Waals surface area (Å²) in [5.74, 6) is 2.84. The molecule has 0 saturated carbocycles. The van der Waals surface area contributed by atoms with Gasteiger partial charge in [-0.05, 0) is 17.7 Å². The predicted molar refractivity (Wildman–Crippen MR) is 76.8 cm³/mol. The van der Waals surface area contributed by atoms with Crippen LogP contribution >= 0.6 is 11.8 Å². The number of hydrogen-bond donors (Lipinski definition) is 1. The first-order valence-electron chi connectivity index (χ1n) is 5.85. The fourth-order valence-electron chi connectivity index (χ4n) is 1.36. The Balaban J connectivity index is 2.18. The van der Waals surface area contributed by atoms with Crippen molar-refractivity contribution < 1.29 is 4.74 Å². The molecule has 0 bridgehead atoms. The van der Waals surface area contributed by atoms with Crippen LogP contribution in [0.1, 0.15) is 5.56 Å². The zero-order valence-corrected chi connectivity index (χ0v) is 11.2. The Morgan fingerprint density at radius 3 is 2.83 bits per heavy atom. The summed E-state index contributed by atoms with van der Waals surface area (Å²) in [4.78, 5) is 0. The van der Waals surface area contributed by atoms with Crippen LogP contribution in [0.25, 0.3) is 0 Å². The van der Waals surface area contributed by atoms with Gasteiger partial charge >= 0.3 is 0 Å².